The second-order valence-electron chi connectivity index (χ2n) is 9.11. The molecule has 0 aliphatic heterocycles. The minimum absolute atomic E-state index is 0.0688. The zero-order valence-electron chi connectivity index (χ0n) is 20.0. The quantitative estimate of drug-likeness (QED) is 0.316. The zero-order chi connectivity index (χ0) is 24.4. The molecule has 0 amide bonds. The van der Waals surface area contributed by atoms with Gasteiger partial charge in [0, 0.05) is 23.5 Å². The predicted octanol–water partition coefficient (Wildman–Crippen LogP) is 4.93. The van der Waals surface area contributed by atoms with Crippen LogP contribution >= 0.6 is 11.3 Å². The van der Waals surface area contributed by atoms with Crippen LogP contribution in [0.3, 0.4) is 0 Å². The normalized spacial score (nSPS) is 12.7. The molecule has 8 nitrogen and oxygen atoms in total. The molecule has 0 radical (unpaired) electrons. The molecule has 0 fully saturated rings. The third-order valence-corrected chi connectivity index (χ3v) is 7.07. The number of rotatable bonds is 9. The highest BCUT2D eigenvalue weighted by atomic mass is 32.1. The van der Waals surface area contributed by atoms with Gasteiger partial charge >= 0.3 is 0 Å². The number of tetrazole rings is 1. The number of hydrogen-bond donors (Lipinski definition) is 1. The summed E-state index contributed by atoms with van der Waals surface area (Å²) in [5.74, 6) is 1.73. The number of aryl methyl sites for hydroxylation is 1. The minimum atomic E-state index is -0.116. The molecule has 1 atom stereocenters. The van der Waals surface area contributed by atoms with E-state index < -0.39 is 0 Å². The largest absolute Gasteiger partial charge is 0.467 e. The lowest BCUT2D eigenvalue weighted by molar-refractivity contribution is 0.127. The molecule has 5 aromatic rings. The average molecular weight is 489 g/mol. The van der Waals surface area contributed by atoms with E-state index in [2.05, 4.69) is 56.8 Å². The Labute approximate surface area is 207 Å². The van der Waals surface area contributed by atoms with Crippen LogP contribution in [-0.2, 0) is 19.6 Å². The van der Waals surface area contributed by atoms with Gasteiger partial charge in [-0.3, -0.25) is 9.69 Å². The van der Waals surface area contributed by atoms with Crippen molar-refractivity contribution in [2.75, 3.05) is 0 Å². The summed E-state index contributed by atoms with van der Waals surface area (Å²) in [7, 11) is 0. The van der Waals surface area contributed by atoms with Crippen LogP contribution in [0.2, 0.25) is 0 Å². The first-order valence-electron chi connectivity index (χ1n) is 11.7. The van der Waals surface area contributed by atoms with Gasteiger partial charge in [0.25, 0.3) is 5.56 Å². The number of nitrogens with zero attached hydrogens (tertiary/aromatic N) is 5. The molecule has 5 rings (SSSR count). The van der Waals surface area contributed by atoms with Gasteiger partial charge in [-0.25, -0.2) is 4.68 Å². The molecule has 0 spiro atoms. The van der Waals surface area contributed by atoms with Crippen molar-refractivity contribution in [3.63, 3.8) is 0 Å². The number of para-hydroxylation sites is 1. The Morgan fingerprint density at radius 2 is 2.03 bits per heavy atom. The van der Waals surface area contributed by atoms with Crippen molar-refractivity contribution in [1.82, 2.24) is 30.1 Å². The van der Waals surface area contributed by atoms with Gasteiger partial charge in [0.15, 0.2) is 5.82 Å². The van der Waals surface area contributed by atoms with Gasteiger partial charge in [-0.1, -0.05) is 38.1 Å². The lowest BCUT2D eigenvalue weighted by Gasteiger charge is -2.33. The van der Waals surface area contributed by atoms with Crippen LogP contribution in [-0.4, -0.2) is 30.1 Å². The number of nitrogens with one attached hydrogen (secondary N) is 1. The van der Waals surface area contributed by atoms with E-state index in [0.717, 1.165) is 33.6 Å². The summed E-state index contributed by atoms with van der Waals surface area (Å²) >= 11 is 1.70. The Morgan fingerprint density at radius 1 is 1.14 bits per heavy atom. The Hall–Kier alpha value is -3.56. The van der Waals surface area contributed by atoms with Crippen molar-refractivity contribution >= 4 is 22.2 Å². The number of H-pyrrole nitrogens is 1. The number of furan rings is 1. The molecule has 0 unspecified atom stereocenters. The number of thiophene rings is 1. The van der Waals surface area contributed by atoms with Crippen LogP contribution in [0.15, 0.2) is 69.4 Å². The number of pyridine rings is 1. The SMILES string of the molecule is Cc1cccc2cc(CN(Cc3cccs3)[C@@H](c3nnnn3Cc3ccco3)C(C)C)c(=O)[nH]c12. The Morgan fingerprint density at radius 3 is 2.77 bits per heavy atom. The maximum atomic E-state index is 13.1. The highest BCUT2D eigenvalue weighted by molar-refractivity contribution is 7.09. The molecule has 1 N–H and O–H groups in total. The first kappa shape index (κ1) is 23.2. The van der Waals surface area contributed by atoms with Crippen molar-refractivity contribution < 1.29 is 4.42 Å². The molecule has 9 heteroatoms. The Bertz CT molecular complexity index is 1450. The standard InChI is InChI=1S/C26H28N6O2S/c1-17(2)24(25-28-29-30-32(25)15-21-9-5-11-34-21)31(16-22-10-6-12-35-22)14-20-13-19-8-4-7-18(3)23(19)27-26(20)33/h4-13,17,24H,14-16H2,1-3H3,(H,27,33)/t24-/m1/s1. The fourth-order valence-electron chi connectivity index (χ4n) is 4.59. The molecule has 35 heavy (non-hydrogen) atoms. The molecule has 0 bridgehead atoms. The van der Waals surface area contributed by atoms with Crippen molar-refractivity contribution in [1.29, 1.82) is 0 Å². The van der Waals surface area contributed by atoms with Gasteiger partial charge in [0.2, 0.25) is 0 Å². The Kier molecular flexibility index (Phi) is 6.61. The molecule has 0 saturated carbocycles. The van der Waals surface area contributed by atoms with Crippen LogP contribution < -0.4 is 5.56 Å². The summed E-state index contributed by atoms with van der Waals surface area (Å²) in [6.07, 6.45) is 1.65. The van der Waals surface area contributed by atoms with Gasteiger partial charge in [-0.05, 0) is 63.9 Å². The van der Waals surface area contributed by atoms with E-state index in [1.807, 2.05) is 43.3 Å². The van der Waals surface area contributed by atoms with Gasteiger partial charge in [0.1, 0.15) is 12.3 Å². The predicted molar refractivity (Wildman–Crippen MR) is 136 cm³/mol. The van der Waals surface area contributed by atoms with Crippen molar-refractivity contribution in [3.8, 4) is 0 Å². The second-order valence-corrected chi connectivity index (χ2v) is 10.1. The third kappa shape index (κ3) is 4.96. The van der Waals surface area contributed by atoms with E-state index in [9.17, 15) is 4.79 Å². The molecule has 0 saturated heterocycles. The maximum Gasteiger partial charge on any atom is 0.252 e. The molecule has 180 valence electrons. The van der Waals surface area contributed by atoms with E-state index in [1.165, 1.54) is 4.88 Å². The van der Waals surface area contributed by atoms with Crippen molar-refractivity contribution in [2.24, 2.45) is 5.92 Å². The summed E-state index contributed by atoms with van der Waals surface area (Å²) in [4.78, 5) is 19.8. The third-order valence-electron chi connectivity index (χ3n) is 6.21. The first-order chi connectivity index (χ1) is 17.0. The van der Waals surface area contributed by atoms with E-state index >= 15 is 0 Å². The first-order valence-corrected chi connectivity index (χ1v) is 12.5. The zero-order valence-corrected chi connectivity index (χ0v) is 20.8. The molecule has 1 aromatic carbocycles. The molecule has 0 aliphatic carbocycles. The number of benzene rings is 1. The lowest BCUT2D eigenvalue weighted by atomic mass is 10.00. The fourth-order valence-corrected chi connectivity index (χ4v) is 5.32. The van der Waals surface area contributed by atoms with Gasteiger partial charge in [-0.2, -0.15) is 0 Å². The van der Waals surface area contributed by atoms with Crippen LogP contribution in [0.5, 0.6) is 0 Å². The molecular weight excluding hydrogens is 460 g/mol. The van der Waals surface area contributed by atoms with Crippen LogP contribution in [0.25, 0.3) is 10.9 Å². The van der Waals surface area contributed by atoms with Crippen LogP contribution in [0.1, 0.15) is 47.5 Å². The topological polar surface area (TPSA) is 92.8 Å². The van der Waals surface area contributed by atoms with E-state index in [-0.39, 0.29) is 17.5 Å². The summed E-state index contributed by atoms with van der Waals surface area (Å²) in [5.41, 5.74) is 2.59. The molecule has 4 heterocycles. The van der Waals surface area contributed by atoms with E-state index in [4.69, 9.17) is 4.42 Å². The summed E-state index contributed by atoms with van der Waals surface area (Å²) in [6, 6.07) is 15.9. The molecule has 0 aliphatic rings. The van der Waals surface area contributed by atoms with Crippen molar-refractivity contribution in [2.45, 2.75) is 46.4 Å². The highest BCUT2D eigenvalue weighted by Crippen LogP contribution is 2.31. The molecule has 4 aromatic heterocycles. The van der Waals surface area contributed by atoms with Crippen LogP contribution in [0, 0.1) is 12.8 Å². The monoisotopic (exact) mass is 488 g/mol. The van der Waals surface area contributed by atoms with Gasteiger partial charge in [0.05, 0.1) is 17.8 Å². The van der Waals surface area contributed by atoms with E-state index in [1.54, 1.807) is 22.3 Å². The van der Waals surface area contributed by atoms with Crippen molar-refractivity contribution in [3.05, 3.63) is 98.1 Å². The number of aromatic amines is 1. The number of aromatic nitrogens is 5. The Balaban J connectivity index is 1.54. The number of fused-ring (bicyclic) bond motifs is 1. The van der Waals surface area contributed by atoms with E-state index in [0.29, 0.717) is 19.6 Å². The lowest BCUT2D eigenvalue weighted by Crippen LogP contribution is -2.35. The van der Waals surface area contributed by atoms with Crippen LogP contribution in [0.4, 0.5) is 0 Å². The number of hydrogen-bond acceptors (Lipinski definition) is 7. The average Bonchev–Trinajstić information content (AvgIpc) is 3.60. The molecular formula is C26H28N6O2S. The maximum absolute atomic E-state index is 13.1. The minimum Gasteiger partial charge on any atom is -0.467 e. The van der Waals surface area contributed by atoms with Gasteiger partial charge in [-0.15, -0.1) is 16.4 Å². The summed E-state index contributed by atoms with van der Waals surface area (Å²) in [6.45, 7) is 7.92. The fraction of sp³-hybridized carbons (Fsp3) is 0.308. The van der Waals surface area contributed by atoms with Gasteiger partial charge < -0.3 is 9.40 Å². The summed E-state index contributed by atoms with van der Waals surface area (Å²) < 4.78 is 7.33. The second kappa shape index (κ2) is 9.97. The highest BCUT2D eigenvalue weighted by Gasteiger charge is 2.30. The summed E-state index contributed by atoms with van der Waals surface area (Å²) in [5, 5.41) is 15.8. The smallest absolute Gasteiger partial charge is 0.252 e.